The number of hydrogen-bond donors (Lipinski definition) is 2. The first-order valence-corrected chi connectivity index (χ1v) is 17.1. The number of aromatic nitrogens is 4. The number of nitrogens with one attached hydrogen (secondary N) is 2. The Hall–Kier alpha value is -3.84. The molecule has 0 aliphatic heterocycles. The minimum atomic E-state index is -0.151. The van der Waals surface area contributed by atoms with E-state index in [0.717, 1.165) is 43.0 Å². The molecule has 0 atom stereocenters. The minimum Gasteiger partial charge on any atom is -0.352 e. The molecule has 210 valence electrons. The molecule has 0 fully saturated rings. The summed E-state index contributed by atoms with van der Waals surface area (Å²) in [5.74, 6) is -0.303. The first-order valence-electron chi connectivity index (χ1n) is 13.1. The zero-order valence-electron chi connectivity index (χ0n) is 22.1. The number of amides is 2. The van der Waals surface area contributed by atoms with Gasteiger partial charge in [-0.2, -0.15) is 0 Å². The van der Waals surface area contributed by atoms with E-state index in [2.05, 4.69) is 30.6 Å². The molecule has 0 radical (unpaired) electrons. The lowest BCUT2D eigenvalue weighted by atomic mass is 10.1. The van der Waals surface area contributed by atoms with Crippen molar-refractivity contribution in [3.63, 3.8) is 0 Å². The summed E-state index contributed by atoms with van der Waals surface area (Å²) in [6, 6.07) is 15.7. The van der Waals surface area contributed by atoms with Gasteiger partial charge in [-0.15, -0.1) is 22.7 Å². The highest BCUT2D eigenvalue weighted by molar-refractivity contribution is 8.76. The maximum atomic E-state index is 12.7. The van der Waals surface area contributed by atoms with Crippen molar-refractivity contribution in [1.29, 1.82) is 0 Å². The summed E-state index contributed by atoms with van der Waals surface area (Å²) in [5, 5.41) is 11.7. The number of rotatable bonds is 11. The van der Waals surface area contributed by atoms with Crippen LogP contribution in [0, 0.1) is 0 Å². The smallest absolute Gasteiger partial charge is 0.252 e. The zero-order valence-corrected chi connectivity index (χ0v) is 25.4. The van der Waals surface area contributed by atoms with Crippen LogP contribution >= 0.6 is 44.3 Å². The van der Waals surface area contributed by atoms with E-state index in [4.69, 9.17) is 0 Å². The van der Waals surface area contributed by atoms with E-state index in [0.29, 0.717) is 37.1 Å². The molecule has 8 nitrogen and oxygen atoms in total. The van der Waals surface area contributed by atoms with Crippen LogP contribution in [0.25, 0.3) is 21.8 Å². The van der Waals surface area contributed by atoms with Gasteiger partial charge in [-0.05, 0) is 24.3 Å². The zero-order chi connectivity index (χ0) is 28.7. The van der Waals surface area contributed by atoms with Gasteiger partial charge in [0.05, 0.1) is 44.6 Å². The lowest BCUT2D eigenvalue weighted by molar-refractivity contribution is 0.0945. The van der Waals surface area contributed by atoms with Crippen molar-refractivity contribution in [1.82, 2.24) is 30.6 Å². The molecule has 0 unspecified atom stereocenters. The van der Waals surface area contributed by atoms with Crippen molar-refractivity contribution >= 4 is 77.9 Å². The van der Waals surface area contributed by atoms with Crippen LogP contribution in [0.5, 0.6) is 0 Å². The molecule has 2 aromatic carbocycles. The number of carbonyl (C=O) groups is 2. The second-order valence-corrected chi connectivity index (χ2v) is 12.9. The second-order valence-electron chi connectivity index (χ2n) is 9.24. The predicted molar refractivity (Wildman–Crippen MR) is 172 cm³/mol. The summed E-state index contributed by atoms with van der Waals surface area (Å²) in [7, 11) is 3.18. The SMILES string of the molecule is O=C(NCCc1cscn1)c1cnc2c(SSc3cccc4cc(C(=O)NCCc5cscn5)cnc34)cccc2c1. The molecule has 0 bridgehead atoms. The Morgan fingerprint density at radius 1 is 0.667 bits per heavy atom. The first-order chi connectivity index (χ1) is 20.6. The van der Waals surface area contributed by atoms with Gasteiger partial charge >= 0.3 is 0 Å². The fourth-order valence-corrected chi connectivity index (χ4v) is 7.75. The number of thiazole rings is 2. The molecule has 2 N–H and O–H groups in total. The molecule has 0 aliphatic rings. The van der Waals surface area contributed by atoms with Gasteiger partial charge in [0.2, 0.25) is 0 Å². The summed E-state index contributed by atoms with van der Waals surface area (Å²) in [5.41, 5.74) is 8.24. The number of benzene rings is 2. The quantitative estimate of drug-likeness (QED) is 0.158. The monoisotopic (exact) mass is 628 g/mol. The Kier molecular flexibility index (Phi) is 9.04. The van der Waals surface area contributed by atoms with Gasteiger partial charge in [0.25, 0.3) is 11.8 Å². The van der Waals surface area contributed by atoms with E-state index in [1.165, 1.54) is 0 Å². The highest BCUT2D eigenvalue weighted by Crippen LogP contribution is 2.42. The number of fused-ring (bicyclic) bond motifs is 2. The molecule has 2 amide bonds. The fourth-order valence-electron chi connectivity index (χ4n) is 4.27. The summed E-state index contributed by atoms with van der Waals surface area (Å²) >= 11 is 3.09. The summed E-state index contributed by atoms with van der Waals surface area (Å²) in [6.07, 6.45) is 4.63. The number of hydrogen-bond acceptors (Lipinski definition) is 10. The van der Waals surface area contributed by atoms with Crippen LogP contribution in [0.15, 0.2) is 92.5 Å². The Bertz CT molecular complexity index is 1710. The van der Waals surface area contributed by atoms with E-state index in [9.17, 15) is 9.59 Å². The number of para-hydroxylation sites is 2. The van der Waals surface area contributed by atoms with E-state index in [1.54, 1.807) is 67.7 Å². The first kappa shape index (κ1) is 28.3. The van der Waals surface area contributed by atoms with Crippen LogP contribution in [0.4, 0.5) is 0 Å². The van der Waals surface area contributed by atoms with Gasteiger partial charge in [0, 0.05) is 69.6 Å². The Morgan fingerprint density at radius 3 is 1.57 bits per heavy atom. The van der Waals surface area contributed by atoms with Gasteiger partial charge < -0.3 is 10.6 Å². The van der Waals surface area contributed by atoms with Crippen LogP contribution in [-0.4, -0.2) is 44.8 Å². The van der Waals surface area contributed by atoms with Gasteiger partial charge in [-0.25, -0.2) is 9.97 Å². The molecule has 12 heteroatoms. The van der Waals surface area contributed by atoms with Gasteiger partial charge in [-0.3, -0.25) is 19.6 Å². The van der Waals surface area contributed by atoms with E-state index in [-0.39, 0.29) is 11.8 Å². The lowest BCUT2D eigenvalue weighted by Gasteiger charge is -2.09. The van der Waals surface area contributed by atoms with Crippen molar-refractivity contribution in [2.24, 2.45) is 0 Å². The fraction of sp³-hybridized carbons (Fsp3) is 0.133. The third kappa shape index (κ3) is 6.79. The average molecular weight is 629 g/mol. The standard InChI is InChI=1S/C30H24N6O2S4/c37-29(31-9-7-23-15-39-17-35-23)21-11-19-3-1-5-25(27(19)33-13-21)41-42-26-6-2-4-20-12-22(14-34-28(20)26)30(38)32-10-8-24-16-40-18-36-24/h1-6,11-18H,7-10H2,(H,31,37)(H,32,38). The molecule has 6 aromatic rings. The van der Waals surface area contributed by atoms with Crippen molar-refractivity contribution in [3.8, 4) is 0 Å². The Balaban J connectivity index is 1.11. The number of carbonyl (C=O) groups excluding carboxylic acids is 2. The molecular weight excluding hydrogens is 605 g/mol. The average Bonchev–Trinajstić information content (AvgIpc) is 3.74. The lowest BCUT2D eigenvalue weighted by Crippen LogP contribution is -2.25. The van der Waals surface area contributed by atoms with Crippen LogP contribution in [-0.2, 0) is 12.8 Å². The van der Waals surface area contributed by atoms with E-state index < -0.39 is 0 Å². The molecule has 0 spiro atoms. The molecular formula is C30H24N6O2S4. The van der Waals surface area contributed by atoms with Crippen LogP contribution in [0.2, 0.25) is 0 Å². The Morgan fingerprint density at radius 2 is 1.14 bits per heavy atom. The van der Waals surface area contributed by atoms with Crippen molar-refractivity contribution in [3.05, 3.63) is 105 Å². The Labute approximate surface area is 257 Å². The largest absolute Gasteiger partial charge is 0.352 e. The second kappa shape index (κ2) is 13.4. The number of pyridine rings is 2. The molecule has 42 heavy (non-hydrogen) atoms. The van der Waals surface area contributed by atoms with E-state index in [1.807, 2.05) is 59.3 Å². The molecule has 6 rings (SSSR count). The van der Waals surface area contributed by atoms with Crippen LogP contribution in [0.1, 0.15) is 32.1 Å². The van der Waals surface area contributed by atoms with Gasteiger partial charge in [0.15, 0.2) is 0 Å². The van der Waals surface area contributed by atoms with Crippen molar-refractivity contribution in [2.75, 3.05) is 13.1 Å². The summed E-state index contributed by atoms with van der Waals surface area (Å²) < 4.78 is 0. The third-order valence-electron chi connectivity index (χ3n) is 6.39. The van der Waals surface area contributed by atoms with Crippen molar-refractivity contribution in [2.45, 2.75) is 22.6 Å². The normalized spacial score (nSPS) is 11.1. The third-order valence-corrected chi connectivity index (χ3v) is 10.1. The van der Waals surface area contributed by atoms with Crippen molar-refractivity contribution < 1.29 is 9.59 Å². The predicted octanol–water partition coefficient (Wildman–Crippen LogP) is 6.44. The highest BCUT2D eigenvalue weighted by atomic mass is 33.1. The highest BCUT2D eigenvalue weighted by Gasteiger charge is 2.13. The molecule has 4 heterocycles. The maximum absolute atomic E-state index is 12.7. The topological polar surface area (TPSA) is 110 Å². The summed E-state index contributed by atoms with van der Waals surface area (Å²) in [4.78, 5) is 45.1. The molecule has 4 aromatic heterocycles. The van der Waals surface area contributed by atoms with Gasteiger partial charge in [0.1, 0.15) is 0 Å². The number of nitrogens with zero attached hydrogens (tertiary/aromatic N) is 4. The summed E-state index contributed by atoms with van der Waals surface area (Å²) in [6.45, 7) is 1.04. The van der Waals surface area contributed by atoms with Crippen LogP contribution < -0.4 is 10.6 Å². The van der Waals surface area contributed by atoms with E-state index >= 15 is 0 Å². The molecule has 0 saturated heterocycles. The molecule has 0 aliphatic carbocycles. The maximum Gasteiger partial charge on any atom is 0.252 e. The van der Waals surface area contributed by atoms with Gasteiger partial charge in [-0.1, -0.05) is 45.9 Å². The van der Waals surface area contributed by atoms with Crippen LogP contribution in [0.3, 0.4) is 0 Å². The minimum absolute atomic E-state index is 0.151. The molecule has 0 saturated carbocycles.